The molecule has 2 aromatic carbocycles. The predicted molar refractivity (Wildman–Crippen MR) is 105 cm³/mol. The summed E-state index contributed by atoms with van der Waals surface area (Å²) < 4.78 is 16.7. The lowest BCUT2D eigenvalue weighted by molar-refractivity contribution is 0.00997. The van der Waals surface area contributed by atoms with E-state index in [2.05, 4.69) is 47.4 Å². The van der Waals surface area contributed by atoms with E-state index in [1.165, 1.54) is 35.1 Å². The van der Waals surface area contributed by atoms with Crippen molar-refractivity contribution in [3.63, 3.8) is 0 Å². The number of benzene rings is 2. The van der Waals surface area contributed by atoms with Gasteiger partial charge in [0.1, 0.15) is 17.8 Å². The Bertz CT molecular complexity index is 670. The summed E-state index contributed by atoms with van der Waals surface area (Å²) >= 11 is 0. The molecule has 0 heterocycles. The summed E-state index contributed by atoms with van der Waals surface area (Å²) in [5.41, 5.74) is 5.17. The number of hydrogen-bond donors (Lipinski definition) is 0. The van der Waals surface area contributed by atoms with Crippen LogP contribution in [-0.4, -0.2) is 19.7 Å². The van der Waals surface area contributed by atoms with Gasteiger partial charge in [0.05, 0.1) is 6.61 Å². The Morgan fingerprint density at radius 1 is 0.960 bits per heavy atom. The summed E-state index contributed by atoms with van der Waals surface area (Å²) in [6, 6.07) is 12.5. The highest BCUT2D eigenvalue weighted by molar-refractivity contribution is 7.16. The fraction of sp³-hybridized carbons (Fsp3) is 0.429. The molecular formula is C21H27O3P. The molecule has 0 bridgehead atoms. The summed E-state index contributed by atoms with van der Waals surface area (Å²) in [5.74, 6) is 2.56. The van der Waals surface area contributed by atoms with E-state index in [0.29, 0.717) is 13.1 Å². The van der Waals surface area contributed by atoms with Crippen molar-refractivity contribution in [1.29, 1.82) is 0 Å². The van der Waals surface area contributed by atoms with E-state index in [4.69, 9.17) is 14.2 Å². The number of rotatable bonds is 9. The van der Waals surface area contributed by atoms with E-state index in [1.807, 2.05) is 12.1 Å². The zero-order valence-corrected chi connectivity index (χ0v) is 16.2. The smallest absolute Gasteiger partial charge is 0.189 e. The van der Waals surface area contributed by atoms with Crippen LogP contribution in [0, 0.1) is 19.8 Å². The molecular weight excluding hydrogens is 331 g/mol. The van der Waals surface area contributed by atoms with Gasteiger partial charge in [-0.15, -0.1) is 0 Å². The van der Waals surface area contributed by atoms with Crippen LogP contribution in [0.25, 0.3) is 0 Å². The van der Waals surface area contributed by atoms with Crippen LogP contribution < -0.4 is 9.47 Å². The zero-order chi connectivity index (χ0) is 17.6. The van der Waals surface area contributed by atoms with Crippen molar-refractivity contribution in [2.24, 2.45) is 5.92 Å². The summed E-state index contributed by atoms with van der Waals surface area (Å²) in [6.45, 7) is 5.46. The van der Waals surface area contributed by atoms with E-state index >= 15 is 0 Å². The topological polar surface area (TPSA) is 27.7 Å². The standard InChI is InChI=1S/C21H27O3P/c1-15-9-20(24-14-25)10-16(2)21(15)11-17-5-7-19(8-6-17)23-13-22-12-18-3-4-18/h5-10,18H,3-4,11-14,25H2,1-2H3. The predicted octanol–water partition coefficient (Wildman–Crippen LogP) is 4.87. The molecule has 134 valence electrons. The van der Waals surface area contributed by atoms with Gasteiger partial charge in [-0.3, -0.25) is 0 Å². The third-order valence-corrected chi connectivity index (χ3v) is 4.75. The molecule has 0 saturated heterocycles. The van der Waals surface area contributed by atoms with Gasteiger partial charge in [-0.05, 0) is 85.5 Å². The van der Waals surface area contributed by atoms with Crippen LogP contribution in [-0.2, 0) is 11.2 Å². The normalized spacial score (nSPS) is 13.7. The average molecular weight is 358 g/mol. The number of ether oxygens (including phenoxy) is 3. The molecule has 3 rings (SSSR count). The highest BCUT2D eigenvalue weighted by Crippen LogP contribution is 2.29. The van der Waals surface area contributed by atoms with Gasteiger partial charge in [-0.2, -0.15) is 0 Å². The lowest BCUT2D eigenvalue weighted by atomic mass is 9.96. The van der Waals surface area contributed by atoms with Crippen LogP contribution in [0.2, 0.25) is 0 Å². The first-order valence-corrected chi connectivity index (χ1v) is 9.70. The molecule has 0 spiro atoms. The van der Waals surface area contributed by atoms with Crippen molar-refractivity contribution in [3.8, 4) is 11.5 Å². The second kappa shape index (κ2) is 8.69. The summed E-state index contributed by atoms with van der Waals surface area (Å²) in [7, 11) is 2.59. The van der Waals surface area contributed by atoms with E-state index in [9.17, 15) is 0 Å². The Morgan fingerprint density at radius 2 is 1.64 bits per heavy atom. The highest BCUT2D eigenvalue weighted by atomic mass is 31.0. The molecule has 1 saturated carbocycles. The minimum Gasteiger partial charge on any atom is -0.490 e. The maximum atomic E-state index is 5.64. The third kappa shape index (κ3) is 5.45. The van der Waals surface area contributed by atoms with Crippen molar-refractivity contribution in [2.75, 3.05) is 19.7 Å². The van der Waals surface area contributed by atoms with Crippen molar-refractivity contribution in [3.05, 3.63) is 58.7 Å². The largest absolute Gasteiger partial charge is 0.490 e. The Labute approximate surface area is 152 Å². The Kier molecular flexibility index (Phi) is 6.34. The van der Waals surface area contributed by atoms with Crippen LogP contribution in [0.4, 0.5) is 0 Å². The first kappa shape index (κ1) is 18.2. The Morgan fingerprint density at radius 3 is 2.24 bits per heavy atom. The summed E-state index contributed by atoms with van der Waals surface area (Å²) in [4.78, 5) is 0. The van der Waals surface area contributed by atoms with Gasteiger partial charge in [0, 0.05) is 0 Å². The second-order valence-corrected chi connectivity index (χ2v) is 7.08. The second-order valence-electron chi connectivity index (χ2n) is 6.74. The van der Waals surface area contributed by atoms with E-state index < -0.39 is 0 Å². The van der Waals surface area contributed by atoms with Crippen LogP contribution in [0.5, 0.6) is 11.5 Å². The Balaban J connectivity index is 1.57. The molecule has 1 aliphatic carbocycles. The van der Waals surface area contributed by atoms with Crippen LogP contribution >= 0.6 is 9.24 Å². The fourth-order valence-electron chi connectivity index (χ4n) is 2.93. The van der Waals surface area contributed by atoms with E-state index in [0.717, 1.165) is 30.4 Å². The quantitative estimate of drug-likeness (QED) is 0.364. The summed E-state index contributed by atoms with van der Waals surface area (Å²) in [6.07, 6.45) is 4.14. The number of aryl methyl sites for hydroxylation is 2. The minimum atomic E-state index is 0.339. The molecule has 0 aromatic heterocycles. The molecule has 2 aromatic rings. The van der Waals surface area contributed by atoms with Crippen molar-refractivity contribution in [2.45, 2.75) is 33.1 Å². The van der Waals surface area contributed by atoms with Crippen LogP contribution in [0.15, 0.2) is 36.4 Å². The first-order valence-electron chi connectivity index (χ1n) is 8.88. The van der Waals surface area contributed by atoms with Gasteiger partial charge < -0.3 is 14.2 Å². The minimum absolute atomic E-state index is 0.339. The highest BCUT2D eigenvalue weighted by Gasteiger charge is 2.21. The van der Waals surface area contributed by atoms with Gasteiger partial charge in [-0.25, -0.2) is 0 Å². The van der Waals surface area contributed by atoms with Gasteiger partial charge in [0.2, 0.25) is 0 Å². The van der Waals surface area contributed by atoms with Gasteiger partial charge >= 0.3 is 0 Å². The van der Waals surface area contributed by atoms with E-state index in [1.54, 1.807) is 0 Å². The fourth-order valence-corrected chi connectivity index (χ4v) is 3.12. The van der Waals surface area contributed by atoms with Gasteiger partial charge in [-0.1, -0.05) is 21.4 Å². The lowest BCUT2D eigenvalue weighted by Gasteiger charge is -2.13. The van der Waals surface area contributed by atoms with Crippen molar-refractivity contribution >= 4 is 9.24 Å². The maximum Gasteiger partial charge on any atom is 0.189 e. The lowest BCUT2D eigenvalue weighted by Crippen LogP contribution is -2.05. The molecule has 3 nitrogen and oxygen atoms in total. The van der Waals surface area contributed by atoms with Crippen molar-refractivity contribution in [1.82, 2.24) is 0 Å². The number of hydrogen-bond acceptors (Lipinski definition) is 3. The monoisotopic (exact) mass is 358 g/mol. The molecule has 0 N–H and O–H groups in total. The van der Waals surface area contributed by atoms with Crippen LogP contribution in [0.1, 0.15) is 35.1 Å². The molecule has 4 heteroatoms. The Hall–Kier alpha value is -1.57. The molecule has 1 fully saturated rings. The first-order chi connectivity index (χ1) is 12.2. The summed E-state index contributed by atoms with van der Waals surface area (Å²) in [5, 5.41) is 0. The van der Waals surface area contributed by atoms with Crippen LogP contribution in [0.3, 0.4) is 0 Å². The molecule has 0 aliphatic heterocycles. The molecule has 0 amide bonds. The SMILES string of the molecule is Cc1cc(OCP)cc(C)c1Cc1ccc(OCOCC2CC2)cc1. The maximum absolute atomic E-state index is 5.64. The molecule has 25 heavy (non-hydrogen) atoms. The third-order valence-electron chi connectivity index (χ3n) is 4.58. The zero-order valence-electron chi connectivity index (χ0n) is 15.1. The molecule has 1 aliphatic rings. The average Bonchev–Trinajstić information content (AvgIpc) is 3.41. The molecule has 1 unspecified atom stereocenters. The molecule has 0 radical (unpaired) electrons. The van der Waals surface area contributed by atoms with Gasteiger partial charge in [0.25, 0.3) is 0 Å². The van der Waals surface area contributed by atoms with Gasteiger partial charge in [0.15, 0.2) is 6.79 Å². The molecule has 1 atom stereocenters. The van der Waals surface area contributed by atoms with Crippen molar-refractivity contribution < 1.29 is 14.2 Å². The van der Waals surface area contributed by atoms with E-state index in [-0.39, 0.29) is 0 Å².